The normalized spacial score (nSPS) is 13.6. The van der Waals surface area contributed by atoms with Crippen molar-refractivity contribution in [2.24, 2.45) is 11.8 Å². The molecular weight excluding hydrogens is 244 g/mol. The summed E-state index contributed by atoms with van der Waals surface area (Å²) in [6.07, 6.45) is -0.171. The SMILES string of the molecule is CC(C)CC(F)(F)c1cccc(C(C#N)C(C)C)c1. The summed E-state index contributed by atoms with van der Waals surface area (Å²) in [5.74, 6) is -3.13. The summed E-state index contributed by atoms with van der Waals surface area (Å²) in [5, 5.41) is 9.15. The van der Waals surface area contributed by atoms with Gasteiger partial charge in [-0.25, -0.2) is 8.78 Å². The Morgan fingerprint density at radius 3 is 2.32 bits per heavy atom. The van der Waals surface area contributed by atoms with Gasteiger partial charge in [0.25, 0.3) is 5.92 Å². The van der Waals surface area contributed by atoms with Gasteiger partial charge in [0.2, 0.25) is 0 Å². The van der Waals surface area contributed by atoms with Crippen molar-refractivity contribution in [3.8, 4) is 6.07 Å². The van der Waals surface area contributed by atoms with E-state index in [1.165, 1.54) is 12.1 Å². The van der Waals surface area contributed by atoms with Gasteiger partial charge in [-0.3, -0.25) is 0 Å². The monoisotopic (exact) mass is 265 g/mol. The highest BCUT2D eigenvalue weighted by Gasteiger charge is 2.33. The Hall–Kier alpha value is -1.43. The van der Waals surface area contributed by atoms with Gasteiger partial charge in [0, 0.05) is 12.0 Å². The summed E-state index contributed by atoms with van der Waals surface area (Å²) in [6, 6.07) is 8.49. The average molecular weight is 265 g/mol. The molecule has 0 aliphatic carbocycles. The molecule has 0 N–H and O–H groups in total. The first-order valence-corrected chi connectivity index (χ1v) is 6.65. The van der Waals surface area contributed by atoms with Gasteiger partial charge in [0.1, 0.15) is 0 Å². The van der Waals surface area contributed by atoms with Gasteiger partial charge in [0.15, 0.2) is 0 Å². The molecule has 0 aromatic heterocycles. The Balaban J connectivity index is 3.10. The van der Waals surface area contributed by atoms with Crippen LogP contribution in [0.15, 0.2) is 24.3 Å². The predicted molar refractivity (Wildman–Crippen MR) is 73.0 cm³/mol. The number of rotatable bonds is 5. The highest BCUT2D eigenvalue weighted by molar-refractivity contribution is 5.32. The highest BCUT2D eigenvalue weighted by atomic mass is 19.3. The minimum absolute atomic E-state index is 0.0135. The van der Waals surface area contributed by atoms with Crippen LogP contribution in [0.25, 0.3) is 0 Å². The molecule has 1 aromatic rings. The van der Waals surface area contributed by atoms with Crippen LogP contribution in [0.1, 0.15) is 51.2 Å². The minimum atomic E-state index is -2.83. The third-order valence-corrected chi connectivity index (χ3v) is 3.14. The molecule has 1 nitrogen and oxygen atoms in total. The number of nitriles is 1. The van der Waals surface area contributed by atoms with Crippen molar-refractivity contribution in [3.63, 3.8) is 0 Å². The van der Waals surface area contributed by atoms with Crippen LogP contribution in [0.4, 0.5) is 8.78 Å². The van der Waals surface area contributed by atoms with Crippen LogP contribution < -0.4 is 0 Å². The van der Waals surface area contributed by atoms with Crippen molar-refractivity contribution in [2.45, 2.75) is 46.0 Å². The molecule has 104 valence electrons. The molecule has 1 rings (SSSR count). The van der Waals surface area contributed by atoms with E-state index in [9.17, 15) is 8.78 Å². The fraction of sp³-hybridized carbons (Fsp3) is 0.562. The third-order valence-electron chi connectivity index (χ3n) is 3.14. The molecule has 0 bridgehead atoms. The molecule has 0 aliphatic rings. The first-order chi connectivity index (χ1) is 8.77. The second-order valence-electron chi connectivity index (χ2n) is 5.78. The first-order valence-electron chi connectivity index (χ1n) is 6.65. The molecule has 0 fully saturated rings. The lowest BCUT2D eigenvalue weighted by Crippen LogP contribution is -2.17. The summed E-state index contributed by atoms with van der Waals surface area (Å²) < 4.78 is 28.1. The molecule has 1 aromatic carbocycles. The Bertz CT molecular complexity index is 458. The van der Waals surface area contributed by atoms with Gasteiger partial charge in [-0.05, 0) is 23.5 Å². The zero-order valence-corrected chi connectivity index (χ0v) is 12.0. The molecule has 1 unspecified atom stereocenters. The Labute approximate surface area is 114 Å². The van der Waals surface area contributed by atoms with Crippen molar-refractivity contribution in [3.05, 3.63) is 35.4 Å². The van der Waals surface area contributed by atoms with E-state index in [1.54, 1.807) is 26.0 Å². The summed E-state index contributed by atoms with van der Waals surface area (Å²) in [6.45, 7) is 7.41. The molecule has 0 heterocycles. The molecule has 0 radical (unpaired) electrons. The molecular formula is C16H21F2N. The van der Waals surface area contributed by atoms with Gasteiger partial charge in [-0.15, -0.1) is 0 Å². The second-order valence-corrected chi connectivity index (χ2v) is 5.78. The zero-order chi connectivity index (χ0) is 14.6. The van der Waals surface area contributed by atoms with Gasteiger partial charge >= 0.3 is 0 Å². The number of hydrogen-bond acceptors (Lipinski definition) is 1. The fourth-order valence-corrected chi connectivity index (χ4v) is 2.20. The summed E-state index contributed by atoms with van der Waals surface area (Å²) in [7, 11) is 0. The van der Waals surface area contributed by atoms with Crippen molar-refractivity contribution in [1.82, 2.24) is 0 Å². The van der Waals surface area contributed by atoms with Gasteiger partial charge in [0.05, 0.1) is 12.0 Å². The lowest BCUT2D eigenvalue weighted by atomic mass is 9.87. The predicted octanol–water partition coefficient (Wildman–Crippen LogP) is 5.09. The number of benzene rings is 1. The average Bonchev–Trinajstić information content (AvgIpc) is 2.28. The van der Waals surface area contributed by atoms with E-state index in [0.29, 0.717) is 5.56 Å². The van der Waals surface area contributed by atoms with Crippen molar-refractivity contribution in [1.29, 1.82) is 5.26 Å². The van der Waals surface area contributed by atoms with Crippen molar-refractivity contribution < 1.29 is 8.78 Å². The van der Waals surface area contributed by atoms with Crippen LogP contribution in [0.3, 0.4) is 0 Å². The van der Waals surface area contributed by atoms with Crippen LogP contribution >= 0.6 is 0 Å². The van der Waals surface area contributed by atoms with Gasteiger partial charge in [-0.2, -0.15) is 5.26 Å². The maximum atomic E-state index is 14.1. The van der Waals surface area contributed by atoms with Gasteiger partial charge in [-0.1, -0.05) is 45.9 Å². The molecule has 0 spiro atoms. The molecule has 0 saturated heterocycles. The fourth-order valence-electron chi connectivity index (χ4n) is 2.20. The lowest BCUT2D eigenvalue weighted by Gasteiger charge is -2.21. The number of nitrogens with zero attached hydrogens (tertiary/aromatic N) is 1. The van der Waals surface area contributed by atoms with Crippen LogP contribution in [-0.4, -0.2) is 0 Å². The summed E-state index contributed by atoms with van der Waals surface area (Å²) in [5.41, 5.74) is 0.693. The largest absolute Gasteiger partial charge is 0.273 e. The Morgan fingerprint density at radius 2 is 1.84 bits per heavy atom. The first kappa shape index (κ1) is 15.6. The minimum Gasteiger partial charge on any atom is -0.201 e. The third kappa shape index (κ3) is 4.02. The highest BCUT2D eigenvalue weighted by Crippen LogP contribution is 2.36. The second kappa shape index (κ2) is 6.14. The van der Waals surface area contributed by atoms with E-state index in [-0.39, 0.29) is 29.7 Å². The maximum absolute atomic E-state index is 14.1. The topological polar surface area (TPSA) is 23.8 Å². The van der Waals surface area contributed by atoms with E-state index in [2.05, 4.69) is 6.07 Å². The lowest BCUT2D eigenvalue weighted by molar-refractivity contribution is -0.0250. The molecule has 3 heteroatoms. The van der Waals surface area contributed by atoms with E-state index in [4.69, 9.17) is 5.26 Å². The van der Waals surface area contributed by atoms with E-state index >= 15 is 0 Å². The molecule has 1 atom stereocenters. The molecule has 19 heavy (non-hydrogen) atoms. The summed E-state index contributed by atoms with van der Waals surface area (Å²) in [4.78, 5) is 0. The number of halogens is 2. The quantitative estimate of drug-likeness (QED) is 0.727. The molecule has 0 amide bonds. The zero-order valence-electron chi connectivity index (χ0n) is 12.0. The standard InChI is InChI=1S/C16H21F2N/c1-11(2)9-16(17,18)14-7-5-6-13(8-14)15(10-19)12(3)4/h5-8,11-12,15H,9H2,1-4H3. The van der Waals surface area contributed by atoms with E-state index in [0.717, 1.165) is 0 Å². The van der Waals surface area contributed by atoms with E-state index in [1.807, 2.05) is 13.8 Å². The van der Waals surface area contributed by atoms with Crippen molar-refractivity contribution in [2.75, 3.05) is 0 Å². The van der Waals surface area contributed by atoms with Gasteiger partial charge < -0.3 is 0 Å². The smallest absolute Gasteiger partial charge is 0.201 e. The van der Waals surface area contributed by atoms with E-state index < -0.39 is 5.92 Å². The Kier molecular flexibility index (Phi) is 5.05. The maximum Gasteiger partial charge on any atom is 0.273 e. The van der Waals surface area contributed by atoms with Crippen molar-refractivity contribution >= 4 is 0 Å². The molecule has 0 saturated carbocycles. The number of alkyl halides is 2. The van der Waals surface area contributed by atoms with Crippen LogP contribution in [0, 0.1) is 23.2 Å². The number of hydrogen-bond donors (Lipinski definition) is 0. The molecule has 0 aliphatic heterocycles. The van der Waals surface area contributed by atoms with Crippen LogP contribution in [0.5, 0.6) is 0 Å². The van der Waals surface area contributed by atoms with Crippen LogP contribution in [0.2, 0.25) is 0 Å². The Morgan fingerprint density at radius 1 is 1.21 bits per heavy atom. The summed E-state index contributed by atoms with van der Waals surface area (Å²) >= 11 is 0. The van der Waals surface area contributed by atoms with Crippen LogP contribution in [-0.2, 0) is 5.92 Å².